The number of H-pyrrole nitrogens is 2. The van der Waals surface area contributed by atoms with E-state index in [9.17, 15) is 25.4 Å². The van der Waals surface area contributed by atoms with Crippen molar-refractivity contribution in [2.75, 3.05) is 0 Å². The molecule has 0 unspecified atom stereocenters. The van der Waals surface area contributed by atoms with Gasteiger partial charge in [-0.05, 0) is 17.4 Å². The number of nitrogens with zero attached hydrogens (tertiary/aromatic N) is 1. The van der Waals surface area contributed by atoms with Gasteiger partial charge in [0.1, 0.15) is 0 Å². The molecule has 2 heterocycles. The molecule has 26 heavy (non-hydrogen) atoms. The molecule has 0 atom stereocenters. The first-order chi connectivity index (χ1) is 12.5. The van der Waals surface area contributed by atoms with E-state index in [0.717, 1.165) is 23.0 Å². The molecule has 0 aliphatic rings. The number of aromatic hydroxyl groups is 2. The molecule has 4 N–H and O–H groups in total. The average Bonchev–Trinajstić information content (AvgIpc) is 3.15. The Morgan fingerprint density at radius 3 is 2.50 bits per heavy atom. The Morgan fingerprint density at radius 1 is 1.00 bits per heavy atom. The number of nitro groups is 1. The summed E-state index contributed by atoms with van der Waals surface area (Å²) in [7, 11) is 0. The fraction of sp³-hybridized carbons (Fsp3) is 0. The van der Waals surface area contributed by atoms with Gasteiger partial charge in [0.2, 0.25) is 0 Å². The molecule has 0 bridgehead atoms. The zero-order valence-corrected chi connectivity index (χ0v) is 13.2. The topological polar surface area (TPSA) is 138 Å². The second-order valence-corrected chi connectivity index (χ2v) is 5.76. The van der Waals surface area contributed by atoms with Crippen LogP contribution in [0.25, 0.3) is 33.2 Å². The van der Waals surface area contributed by atoms with Crippen molar-refractivity contribution in [2.45, 2.75) is 0 Å². The van der Waals surface area contributed by atoms with Gasteiger partial charge < -0.3 is 20.3 Å². The minimum absolute atomic E-state index is 0.176. The summed E-state index contributed by atoms with van der Waals surface area (Å²) in [4.78, 5) is 15.8. The van der Waals surface area contributed by atoms with Crippen molar-refractivity contribution in [3.05, 3.63) is 58.8 Å². The normalized spacial score (nSPS) is 11.1. The summed E-state index contributed by atoms with van der Waals surface area (Å²) in [6.45, 7) is 0. The fourth-order valence-electron chi connectivity index (χ4n) is 3.11. The molecule has 8 nitrogen and oxygen atoms in total. The average molecular weight is 350 g/mol. The quantitative estimate of drug-likeness (QED) is 0.332. The van der Waals surface area contributed by atoms with Crippen LogP contribution >= 0.6 is 0 Å². The third-order valence-electron chi connectivity index (χ3n) is 4.26. The van der Waals surface area contributed by atoms with E-state index in [2.05, 4.69) is 9.97 Å². The molecule has 2 aromatic heterocycles. The molecule has 0 aliphatic heterocycles. The van der Waals surface area contributed by atoms with Crippen LogP contribution in [-0.2, 0) is 0 Å². The summed E-state index contributed by atoms with van der Waals surface area (Å²) in [5, 5.41) is 44.1. The Balaban J connectivity index is 2.00. The lowest BCUT2D eigenvalue weighted by Crippen LogP contribution is -1.97. The SMILES string of the molecule is O=[N+]([O-])c1cc(-c2c(O)[nH]c(O)c2-c2c[nH]c3ccccc23)ccc1[O-]. The highest BCUT2D eigenvalue weighted by molar-refractivity contribution is 6.02. The van der Waals surface area contributed by atoms with Gasteiger partial charge in [-0.25, -0.2) is 0 Å². The fourth-order valence-corrected chi connectivity index (χ4v) is 3.11. The predicted molar refractivity (Wildman–Crippen MR) is 93.0 cm³/mol. The largest absolute Gasteiger partial charge is 0.868 e. The van der Waals surface area contributed by atoms with Crippen molar-refractivity contribution in [2.24, 2.45) is 0 Å². The third kappa shape index (κ3) is 2.24. The van der Waals surface area contributed by atoms with E-state index in [4.69, 9.17) is 0 Å². The third-order valence-corrected chi connectivity index (χ3v) is 4.26. The Hall–Kier alpha value is -3.94. The lowest BCUT2D eigenvalue weighted by atomic mass is 9.97. The van der Waals surface area contributed by atoms with Crippen molar-refractivity contribution < 1.29 is 20.2 Å². The van der Waals surface area contributed by atoms with Gasteiger partial charge in [-0.3, -0.25) is 15.1 Å². The number of benzene rings is 2. The lowest BCUT2D eigenvalue weighted by Gasteiger charge is -2.09. The van der Waals surface area contributed by atoms with E-state index < -0.39 is 16.4 Å². The Kier molecular flexibility index (Phi) is 3.33. The van der Waals surface area contributed by atoms with Gasteiger partial charge in [-0.1, -0.05) is 30.3 Å². The van der Waals surface area contributed by atoms with E-state index in [0.29, 0.717) is 5.56 Å². The van der Waals surface area contributed by atoms with E-state index in [1.165, 1.54) is 6.07 Å². The van der Waals surface area contributed by atoms with Gasteiger partial charge >= 0.3 is 0 Å². The van der Waals surface area contributed by atoms with Crippen LogP contribution in [0.3, 0.4) is 0 Å². The number of aromatic amines is 2. The number of hydrogen-bond acceptors (Lipinski definition) is 5. The second kappa shape index (κ2) is 5.55. The minimum Gasteiger partial charge on any atom is -0.868 e. The van der Waals surface area contributed by atoms with E-state index in [1.807, 2.05) is 24.3 Å². The number of hydrogen-bond donors (Lipinski definition) is 4. The molecule has 0 fully saturated rings. The summed E-state index contributed by atoms with van der Waals surface area (Å²) < 4.78 is 0. The molecular weight excluding hydrogens is 338 g/mol. The monoisotopic (exact) mass is 350 g/mol. The van der Waals surface area contributed by atoms with Gasteiger partial charge in [-0.15, -0.1) is 0 Å². The zero-order valence-electron chi connectivity index (χ0n) is 13.2. The number of nitro benzene ring substituents is 1. The molecule has 0 spiro atoms. The molecular formula is C18H12N3O5-. The molecule has 0 aliphatic carbocycles. The van der Waals surface area contributed by atoms with Crippen molar-refractivity contribution in [1.29, 1.82) is 0 Å². The van der Waals surface area contributed by atoms with Crippen LogP contribution in [0.4, 0.5) is 5.69 Å². The number of para-hydroxylation sites is 1. The molecule has 8 heteroatoms. The van der Waals surface area contributed by atoms with E-state index in [-0.39, 0.29) is 28.5 Å². The van der Waals surface area contributed by atoms with Gasteiger partial charge in [0.15, 0.2) is 11.8 Å². The first kappa shape index (κ1) is 15.6. The van der Waals surface area contributed by atoms with Crippen LogP contribution in [0, 0.1) is 10.1 Å². The number of rotatable bonds is 3. The number of aromatic nitrogens is 2. The summed E-state index contributed by atoms with van der Waals surface area (Å²) in [6, 6.07) is 10.9. The maximum atomic E-state index is 11.7. The van der Waals surface area contributed by atoms with Gasteiger partial charge in [0.05, 0.1) is 16.1 Å². The van der Waals surface area contributed by atoms with Crippen LogP contribution in [-0.4, -0.2) is 25.1 Å². The molecule has 0 saturated heterocycles. The first-order valence-corrected chi connectivity index (χ1v) is 7.63. The summed E-state index contributed by atoms with van der Waals surface area (Å²) in [6.07, 6.45) is 1.67. The number of fused-ring (bicyclic) bond motifs is 1. The molecule has 0 amide bonds. The van der Waals surface area contributed by atoms with Gasteiger partial charge in [0.25, 0.3) is 5.69 Å². The van der Waals surface area contributed by atoms with Crippen LogP contribution in [0.2, 0.25) is 0 Å². The van der Waals surface area contributed by atoms with Crippen molar-refractivity contribution >= 4 is 16.6 Å². The Morgan fingerprint density at radius 2 is 1.73 bits per heavy atom. The van der Waals surface area contributed by atoms with Crippen molar-refractivity contribution in [3.8, 4) is 39.8 Å². The molecule has 130 valence electrons. The highest BCUT2D eigenvalue weighted by Crippen LogP contribution is 2.47. The van der Waals surface area contributed by atoms with Crippen LogP contribution in [0.1, 0.15) is 0 Å². The van der Waals surface area contributed by atoms with Crippen LogP contribution in [0.5, 0.6) is 17.5 Å². The Labute approximate surface area is 146 Å². The standard InChI is InChI=1S/C18H13N3O5/c22-14-6-5-9(7-13(14)21(25)26)15-16(18(24)20-17(15)23)11-8-19-12-4-2-1-3-10(11)12/h1-8,19-20,22-24H/p-1. The first-order valence-electron chi connectivity index (χ1n) is 7.63. The summed E-state index contributed by atoms with van der Waals surface area (Å²) >= 11 is 0. The lowest BCUT2D eigenvalue weighted by molar-refractivity contribution is -0.398. The molecule has 4 rings (SSSR count). The van der Waals surface area contributed by atoms with E-state index >= 15 is 0 Å². The van der Waals surface area contributed by atoms with Gasteiger partial charge in [0, 0.05) is 28.7 Å². The highest BCUT2D eigenvalue weighted by Gasteiger charge is 2.23. The summed E-state index contributed by atoms with van der Waals surface area (Å²) in [5.41, 5.74) is 1.54. The van der Waals surface area contributed by atoms with Crippen molar-refractivity contribution in [1.82, 2.24) is 9.97 Å². The maximum absolute atomic E-state index is 11.7. The highest BCUT2D eigenvalue weighted by atomic mass is 16.6. The Bertz CT molecular complexity index is 1160. The zero-order chi connectivity index (χ0) is 18.4. The van der Waals surface area contributed by atoms with Gasteiger partial charge in [-0.2, -0.15) is 0 Å². The molecule has 0 radical (unpaired) electrons. The van der Waals surface area contributed by atoms with E-state index in [1.54, 1.807) is 6.20 Å². The predicted octanol–water partition coefficient (Wildman–Crippen LogP) is 3.22. The maximum Gasteiger partial charge on any atom is 0.262 e. The van der Waals surface area contributed by atoms with Crippen molar-refractivity contribution in [3.63, 3.8) is 0 Å². The molecule has 2 aromatic carbocycles. The molecule has 0 saturated carbocycles. The minimum atomic E-state index is -0.777. The van der Waals surface area contributed by atoms with Crippen LogP contribution < -0.4 is 5.11 Å². The summed E-state index contributed by atoms with van der Waals surface area (Å²) in [5.74, 6) is -1.36. The number of nitrogens with one attached hydrogen (secondary N) is 2. The smallest absolute Gasteiger partial charge is 0.262 e. The molecule has 4 aromatic rings. The second-order valence-electron chi connectivity index (χ2n) is 5.76. The van der Waals surface area contributed by atoms with Crippen LogP contribution in [0.15, 0.2) is 48.7 Å².